The Hall–Kier alpha value is -11.3. The second-order valence-electron chi connectivity index (χ2n) is 21.2. The van der Waals surface area contributed by atoms with Gasteiger partial charge in [0.15, 0.2) is 35.5 Å². The second kappa shape index (κ2) is 29.5. The van der Waals surface area contributed by atoms with Gasteiger partial charge in [-0.15, -0.1) is 22.7 Å². The molecule has 532 valence electrons. The Morgan fingerprint density at radius 2 is 1.10 bits per heavy atom. The minimum Gasteiger partial charge on any atom is -0.355 e. The summed E-state index contributed by atoms with van der Waals surface area (Å²) in [4.78, 5) is 47.4. The number of carbonyl (C=O) groups is 3. The van der Waals surface area contributed by atoms with E-state index in [1.807, 2.05) is 16.8 Å². The highest BCUT2D eigenvalue weighted by atomic mass is 32.1. The molecule has 102 heavy (non-hydrogen) atoms. The third-order valence-electron chi connectivity index (χ3n) is 14.3. The van der Waals surface area contributed by atoms with Crippen LogP contribution in [0.25, 0.3) is 43.9 Å². The fourth-order valence-corrected chi connectivity index (χ4v) is 10.7. The van der Waals surface area contributed by atoms with Gasteiger partial charge in [0.05, 0.1) is 101 Å². The molecule has 38 heteroatoms. The van der Waals surface area contributed by atoms with Crippen LogP contribution in [-0.2, 0) is 43.6 Å². The van der Waals surface area contributed by atoms with Gasteiger partial charge in [-0.1, -0.05) is 46.7 Å². The smallest absolute Gasteiger partial charge is 0.355 e. The van der Waals surface area contributed by atoms with Crippen LogP contribution < -0.4 is 16.0 Å². The summed E-state index contributed by atoms with van der Waals surface area (Å²) in [5.41, 5.74) is -8.50. The standard InChI is InChI=1S/C23H15F6N5O.C21H14F6N4O2S.C19H10F6N4O2S.CH4/c1-13-19(32-21(35)15-8-14(10-30-11-15)18-4-2-3-7-31-18)12-34(33-13)20-6-5-16(22(24,25)26)9-17(20)23(27,28)29;1-11-16(29-19(32)15-8-17(33-30-15)18-3-2-6-34-18)9-28-31(11)10-12-4-5-13(20(22,23)24)7-14(12)21(25,26)27;20-18(21,22)10-3-4-14(12(6-10)19(23,24)25)29-9-11(8-26-29)27-17(30)13-7-15(31-28-13)16-2-1-5-32-16;/h2-12H,1H3,(H,32,35);2-9,16H,10H2,1H3;1-9H,(H,27,30);1H4/p+1. The van der Waals surface area contributed by atoms with Crippen LogP contribution in [0.5, 0.6) is 0 Å². The Morgan fingerprint density at radius 1 is 0.559 bits per heavy atom. The van der Waals surface area contributed by atoms with E-state index in [4.69, 9.17) is 9.05 Å². The molecule has 0 fully saturated rings. The summed E-state index contributed by atoms with van der Waals surface area (Å²) in [6.07, 6.45) is -21.0. The van der Waals surface area contributed by atoms with Gasteiger partial charge >= 0.3 is 37.1 Å². The topological polar surface area (TPSA) is 216 Å². The minimum absolute atomic E-state index is 0. The summed E-state index contributed by atoms with van der Waals surface area (Å²) >= 11 is 2.77. The van der Waals surface area contributed by atoms with Gasteiger partial charge in [-0.3, -0.25) is 24.4 Å². The van der Waals surface area contributed by atoms with Crippen molar-refractivity contribution in [3.63, 3.8) is 0 Å². The van der Waals surface area contributed by atoms with Crippen LogP contribution in [0, 0.1) is 6.92 Å². The molecule has 11 aromatic rings. The highest BCUT2D eigenvalue weighted by molar-refractivity contribution is 7.13. The molecule has 12 rings (SSSR count). The molecule has 1 atom stereocenters. The molecule has 18 nitrogen and oxygen atoms in total. The Kier molecular flexibility index (Phi) is 21.7. The largest absolute Gasteiger partial charge is 0.418 e. The van der Waals surface area contributed by atoms with E-state index in [9.17, 15) is 93.4 Å². The van der Waals surface area contributed by atoms with Gasteiger partial charge in [-0.2, -0.15) is 89.2 Å². The number of nitrogens with one attached hydrogen (secondary N) is 3. The average Bonchev–Trinajstić information content (AvgIpc) is 1.68. The first-order valence-corrected chi connectivity index (χ1v) is 30.1. The van der Waals surface area contributed by atoms with E-state index in [2.05, 4.69) is 51.5 Å². The normalized spacial score (nSPS) is 13.4. The highest BCUT2D eigenvalue weighted by Crippen LogP contribution is 2.42. The lowest BCUT2D eigenvalue weighted by Crippen LogP contribution is -2.40. The van der Waals surface area contributed by atoms with Crippen molar-refractivity contribution in [2.45, 2.75) is 70.9 Å². The SMILES string of the molecule is C.CC1=[N+](Cc2ccc(C(F)(F)F)cc2C(F)(F)F)N=CC1NC(=O)c1cc(-c2cccs2)on1.Cc1nn(-c2ccc(C(F)(F)F)cc2C(F)(F)F)cc1NC(=O)c1cncc(-c2ccccn2)c1.O=C(Nc1cnn(-c2ccc(C(F)(F)F)cc2C(F)(F)F)c1)c1cc(-c2cccs2)on1. The number of carbonyl (C=O) groups excluding carboxylic acids is 3. The number of anilines is 2. The molecule has 8 aromatic heterocycles. The first-order valence-electron chi connectivity index (χ1n) is 28.3. The van der Waals surface area contributed by atoms with Gasteiger partial charge in [0.1, 0.15) is 6.21 Å². The maximum atomic E-state index is 13.5. The van der Waals surface area contributed by atoms with Crippen molar-refractivity contribution in [3.05, 3.63) is 225 Å². The molecular weight excluding hydrogens is 1440 g/mol. The Bertz CT molecular complexity index is 4880. The number of pyridine rings is 2. The van der Waals surface area contributed by atoms with Gasteiger partial charge < -0.3 is 25.0 Å². The van der Waals surface area contributed by atoms with Crippen LogP contribution in [0.2, 0.25) is 0 Å². The van der Waals surface area contributed by atoms with Gasteiger partial charge in [-0.05, 0) is 102 Å². The second-order valence-corrected chi connectivity index (χ2v) is 23.1. The summed E-state index contributed by atoms with van der Waals surface area (Å²) in [7, 11) is 0. The quantitative estimate of drug-likeness (QED) is 0.0729. The van der Waals surface area contributed by atoms with E-state index in [1.54, 1.807) is 48.7 Å². The lowest BCUT2D eigenvalue weighted by atomic mass is 10.0. The first-order chi connectivity index (χ1) is 47.4. The number of benzene rings is 3. The van der Waals surface area contributed by atoms with Crippen LogP contribution in [0.3, 0.4) is 0 Å². The zero-order valence-corrected chi connectivity index (χ0v) is 52.2. The molecule has 0 saturated carbocycles. The fourth-order valence-electron chi connectivity index (χ4n) is 9.31. The van der Waals surface area contributed by atoms with Crippen LogP contribution >= 0.6 is 22.7 Å². The van der Waals surface area contributed by atoms with Crippen molar-refractivity contribution in [1.82, 2.24) is 45.2 Å². The highest BCUT2D eigenvalue weighted by Gasteiger charge is 2.43. The molecule has 1 aliphatic heterocycles. The minimum atomic E-state index is -5.07. The maximum absolute atomic E-state index is 13.5. The van der Waals surface area contributed by atoms with Gasteiger partial charge in [0.2, 0.25) is 5.71 Å². The summed E-state index contributed by atoms with van der Waals surface area (Å²) < 4.78 is 250. The molecule has 0 saturated heterocycles. The first kappa shape index (κ1) is 74.9. The number of thiophene rings is 2. The Morgan fingerprint density at radius 3 is 1.62 bits per heavy atom. The molecule has 3 N–H and O–H groups in total. The molecule has 0 bridgehead atoms. The van der Waals surface area contributed by atoms with Crippen molar-refractivity contribution in [2.24, 2.45) is 5.10 Å². The molecule has 0 radical (unpaired) electrons. The molecule has 1 aliphatic rings. The van der Waals surface area contributed by atoms with Gasteiger partial charge in [-0.25, -0.2) is 9.36 Å². The Balaban J connectivity index is 0.000000177. The summed E-state index contributed by atoms with van der Waals surface area (Å²) in [6.45, 7) is 2.54. The lowest BCUT2D eigenvalue weighted by molar-refractivity contribution is -0.547. The van der Waals surface area contributed by atoms with E-state index in [0.717, 1.165) is 43.8 Å². The number of nitrogens with zero attached hydrogens (tertiary/aromatic N) is 10. The van der Waals surface area contributed by atoms with Crippen molar-refractivity contribution in [3.8, 4) is 43.9 Å². The molecule has 0 spiro atoms. The van der Waals surface area contributed by atoms with E-state index in [1.165, 1.54) is 71.9 Å². The Labute approximate surface area is 569 Å². The van der Waals surface area contributed by atoms with Crippen LogP contribution in [0.15, 0.2) is 177 Å². The average molecular weight is 1480 g/mol. The van der Waals surface area contributed by atoms with Crippen molar-refractivity contribution < 1.29 is 107 Å². The molecule has 0 aliphatic carbocycles. The monoisotopic (exact) mass is 1480 g/mol. The van der Waals surface area contributed by atoms with Crippen molar-refractivity contribution >= 4 is 63.7 Å². The zero-order valence-electron chi connectivity index (χ0n) is 50.6. The van der Waals surface area contributed by atoms with E-state index < -0.39 is 112 Å². The summed E-state index contributed by atoms with van der Waals surface area (Å²) in [6, 6.07) is 19.9. The zero-order chi connectivity index (χ0) is 73.1. The molecule has 3 aromatic carbocycles. The molecular formula is C64H44F18N13O5S2+. The lowest BCUT2D eigenvalue weighted by Gasteiger charge is -2.15. The third-order valence-corrected chi connectivity index (χ3v) is 16.0. The maximum Gasteiger partial charge on any atom is 0.418 e. The summed E-state index contributed by atoms with van der Waals surface area (Å²) in [5, 5.41) is 30.3. The van der Waals surface area contributed by atoms with Gasteiger partial charge in [0.25, 0.3) is 17.7 Å². The van der Waals surface area contributed by atoms with E-state index in [-0.39, 0.29) is 65.2 Å². The third kappa shape index (κ3) is 17.8. The molecule has 9 heterocycles. The number of hydrazone groups is 1. The predicted octanol–water partition coefficient (Wildman–Crippen LogP) is 17.7. The predicted molar refractivity (Wildman–Crippen MR) is 332 cm³/mol. The number of aryl methyl sites for hydroxylation is 1. The number of aromatic nitrogens is 8. The number of hydrogen-bond acceptors (Lipinski definition) is 14. The van der Waals surface area contributed by atoms with E-state index >= 15 is 0 Å². The van der Waals surface area contributed by atoms with Crippen molar-refractivity contribution in [2.75, 3.05) is 10.6 Å². The van der Waals surface area contributed by atoms with Crippen LogP contribution in [-0.4, -0.2) is 80.2 Å². The number of amides is 3. The van der Waals surface area contributed by atoms with Crippen LogP contribution in [0.4, 0.5) is 90.4 Å². The summed E-state index contributed by atoms with van der Waals surface area (Å²) in [5.74, 6) is -1.14. The molecule has 1 unspecified atom stereocenters. The van der Waals surface area contributed by atoms with Crippen LogP contribution in [0.1, 0.15) is 90.3 Å². The number of rotatable bonds is 13. The van der Waals surface area contributed by atoms with E-state index in [0.29, 0.717) is 58.8 Å². The fraction of sp³-hybridized carbons (Fsp3) is 0.172. The molecule has 3 amide bonds. The number of alkyl halides is 18. The van der Waals surface area contributed by atoms with Gasteiger partial charge in [0, 0.05) is 48.8 Å². The van der Waals surface area contributed by atoms with Crippen molar-refractivity contribution in [1.29, 1.82) is 0 Å². The number of hydrogen-bond donors (Lipinski definition) is 3. The number of halogens is 18.